The minimum atomic E-state index is -1.03. The van der Waals surface area contributed by atoms with E-state index in [-0.39, 0.29) is 28.6 Å². The Hall–Kier alpha value is -3.75. The predicted molar refractivity (Wildman–Crippen MR) is 108 cm³/mol. The van der Waals surface area contributed by atoms with Crippen LogP contribution >= 0.6 is 0 Å². The van der Waals surface area contributed by atoms with Crippen LogP contribution in [0.25, 0.3) is 17.0 Å². The van der Waals surface area contributed by atoms with Crippen molar-refractivity contribution < 1.29 is 8.78 Å². The third kappa shape index (κ3) is 4.29. The molecule has 0 spiro atoms. The van der Waals surface area contributed by atoms with Crippen LogP contribution in [0.4, 0.5) is 14.7 Å². The van der Waals surface area contributed by atoms with Crippen LogP contribution in [0.5, 0.6) is 0 Å². The molecule has 2 heterocycles. The maximum Gasteiger partial charge on any atom is 0.221 e. The van der Waals surface area contributed by atoms with Crippen LogP contribution in [-0.4, -0.2) is 15.0 Å². The molecule has 1 aliphatic carbocycles. The van der Waals surface area contributed by atoms with Gasteiger partial charge in [-0.1, -0.05) is 12.1 Å². The molecule has 152 valence electrons. The van der Waals surface area contributed by atoms with E-state index in [0.717, 1.165) is 17.5 Å². The molecule has 30 heavy (non-hydrogen) atoms. The predicted octanol–water partition coefficient (Wildman–Crippen LogP) is 4.40. The zero-order valence-corrected chi connectivity index (χ0v) is 15.9. The number of anilines is 1. The smallest absolute Gasteiger partial charge is 0.221 e. The lowest BCUT2D eigenvalue weighted by Gasteiger charge is -2.08. The van der Waals surface area contributed by atoms with Crippen molar-refractivity contribution in [3.05, 3.63) is 77.4 Å². The Balaban J connectivity index is 1.56. The lowest BCUT2D eigenvalue weighted by atomic mass is 10.1. The Labute approximate surface area is 171 Å². The van der Waals surface area contributed by atoms with E-state index in [4.69, 9.17) is 11.3 Å². The van der Waals surface area contributed by atoms with Gasteiger partial charge in [-0.3, -0.25) is 4.98 Å². The number of halogens is 2. The molecule has 9 heteroatoms. The standard InChI is InChI=1S/C21H19F2N7/c22-15-5-2-4-14(20(15)23)17-9-18(29-21(24)28-17)19(30-25)11-26-10-13-3-1-6-16(27-13)12-7-8-12/h1-6,9,11-12,25-26H,7-8,10H2,(H2,24,28,29)/b19-11-,30-25?. The van der Waals surface area contributed by atoms with Crippen LogP contribution in [0.3, 0.4) is 0 Å². The lowest BCUT2D eigenvalue weighted by Crippen LogP contribution is -2.09. The summed E-state index contributed by atoms with van der Waals surface area (Å²) < 4.78 is 27.7. The average molecular weight is 407 g/mol. The van der Waals surface area contributed by atoms with Crippen LogP contribution in [0, 0.1) is 17.2 Å². The van der Waals surface area contributed by atoms with Crippen LogP contribution < -0.4 is 11.1 Å². The molecule has 1 fully saturated rings. The van der Waals surface area contributed by atoms with Gasteiger partial charge in [0.15, 0.2) is 11.6 Å². The molecular formula is C21H19F2N7. The van der Waals surface area contributed by atoms with Gasteiger partial charge in [0.1, 0.15) is 5.70 Å². The molecule has 2 aromatic heterocycles. The molecule has 4 rings (SSSR count). The fourth-order valence-corrected chi connectivity index (χ4v) is 3.06. The zero-order valence-electron chi connectivity index (χ0n) is 15.9. The van der Waals surface area contributed by atoms with Crippen LogP contribution in [0.15, 0.2) is 53.8 Å². The SMILES string of the molecule is N=N/C(=C\NCc1cccc(C2CC2)n1)c1cc(-c2cccc(F)c2F)nc(N)n1. The van der Waals surface area contributed by atoms with E-state index in [1.165, 1.54) is 37.2 Å². The number of rotatable bonds is 7. The van der Waals surface area contributed by atoms with E-state index in [1.54, 1.807) is 0 Å². The first-order valence-corrected chi connectivity index (χ1v) is 9.41. The molecule has 0 bridgehead atoms. The molecule has 1 aliphatic rings. The number of pyridine rings is 1. The highest BCUT2D eigenvalue weighted by Gasteiger charge is 2.24. The molecule has 4 N–H and O–H groups in total. The Morgan fingerprint density at radius 3 is 2.73 bits per heavy atom. The quantitative estimate of drug-likeness (QED) is 0.503. The minimum absolute atomic E-state index is 0.0521. The molecule has 7 nitrogen and oxygen atoms in total. The summed E-state index contributed by atoms with van der Waals surface area (Å²) in [4.78, 5) is 12.7. The second-order valence-electron chi connectivity index (χ2n) is 6.95. The molecule has 1 saturated carbocycles. The maximum absolute atomic E-state index is 14.1. The van der Waals surface area contributed by atoms with Crippen molar-refractivity contribution in [3.8, 4) is 11.3 Å². The summed E-state index contributed by atoms with van der Waals surface area (Å²) in [7, 11) is 0. The highest BCUT2D eigenvalue weighted by Crippen LogP contribution is 2.38. The van der Waals surface area contributed by atoms with Crippen molar-refractivity contribution in [1.29, 1.82) is 5.53 Å². The van der Waals surface area contributed by atoms with Crippen molar-refractivity contribution in [2.24, 2.45) is 5.11 Å². The third-order valence-corrected chi connectivity index (χ3v) is 4.70. The van der Waals surface area contributed by atoms with E-state index in [0.29, 0.717) is 12.5 Å². The maximum atomic E-state index is 14.1. The number of nitrogens with two attached hydrogens (primary N) is 1. The highest BCUT2D eigenvalue weighted by molar-refractivity contribution is 5.68. The van der Waals surface area contributed by atoms with Gasteiger partial charge in [-0.05, 0) is 43.2 Å². The van der Waals surface area contributed by atoms with Crippen LogP contribution in [0.1, 0.15) is 35.8 Å². The van der Waals surface area contributed by atoms with Crippen LogP contribution in [-0.2, 0) is 6.54 Å². The minimum Gasteiger partial charge on any atom is -0.383 e. The summed E-state index contributed by atoms with van der Waals surface area (Å²) in [6, 6.07) is 11.1. The second-order valence-corrected chi connectivity index (χ2v) is 6.95. The van der Waals surface area contributed by atoms with Crippen molar-refractivity contribution in [2.45, 2.75) is 25.3 Å². The van der Waals surface area contributed by atoms with Crippen molar-refractivity contribution >= 4 is 11.6 Å². The molecule has 1 aromatic carbocycles. The summed E-state index contributed by atoms with van der Waals surface area (Å²) in [5.74, 6) is -1.60. The Morgan fingerprint density at radius 1 is 1.17 bits per heavy atom. The Bertz CT molecular complexity index is 1130. The fraction of sp³-hybridized carbons (Fsp3) is 0.190. The molecular weight excluding hydrogens is 388 g/mol. The van der Waals surface area contributed by atoms with Crippen molar-refractivity contribution in [1.82, 2.24) is 20.3 Å². The van der Waals surface area contributed by atoms with Crippen molar-refractivity contribution in [2.75, 3.05) is 5.73 Å². The Kier molecular flexibility index (Phi) is 5.42. The summed E-state index contributed by atoms with van der Waals surface area (Å²) >= 11 is 0. The van der Waals surface area contributed by atoms with E-state index in [9.17, 15) is 8.78 Å². The summed E-state index contributed by atoms with van der Waals surface area (Å²) in [6.07, 6.45) is 3.86. The molecule has 3 aromatic rings. The van der Waals surface area contributed by atoms with E-state index >= 15 is 0 Å². The molecule has 0 unspecified atom stereocenters. The first kappa shape index (κ1) is 19.6. The molecule has 0 aliphatic heterocycles. The van der Waals surface area contributed by atoms with Crippen molar-refractivity contribution in [3.63, 3.8) is 0 Å². The molecule has 0 amide bonds. The van der Waals surface area contributed by atoms with Gasteiger partial charge in [0.05, 0.1) is 23.6 Å². The van der Waals surface area contributed by atoms with E-state index in [1.807, 2.05) is 18.2 Å². The van der Waals surface area contributed by atoms with Crippen LogP contribution in [0.2, 0.25) is 0 Å². The normalized spacial score (nSPS) is 13.9. The molecule has 0 atom stereocenters. The zero-order chi connectivity index (χ0) is 21.1. The van der Waals surface area contributed by atoms with Gasteiger partial charge in [0.25, 0.3) is 0 Å². The van der Waals surface area contributed by atoms with E-state index < -0.39 is 11.6 Å². The second kappa shape index (κ2) is 8.32. The van der Waals surface area contributed by atoms with Gasteiger partial charge in [0.2, 0.25) is 5.95 Å². The first-order valence-electron chi connectivity index (χ1n) is 9.41. The topological polar surface area (TPSA) is 113 Å². The fourth-order valence-electron chi connectivity index (χ4n) is 3.06. The number of aromatic nitrogens is 3. The lowest BCUT2D eigenvalue weighted by molar-refractivity contribution is 0.511. The molecule has 0 radical (unpaired) electrons. The number of nitrogens with zero attached hydrogens (tertiary/aromatic N) is 4. The number of hydrogen-bond acceptors (Lipinski definition) is 7. The third-order valence-electron chi connectivity index (χ3n) is 4.70. The summed E-state index contributed by atoms with van der Waals surface area (Å²) in [5.41, 5.74) is 15.6. The monoisotopic (exact) mass is 407 g/mol. The Morgan fingerprint density at radius 2 is 1.97 bits per heavy atom. The summed E-state index contributed by atoms with van der Waals surface area (Å²) in [6.45, 7) is 0.436. The number of benzene rings is 1. The van der Waals surface area contributed by atoms with Gasteiger partial charge in [0, 0.05) is 23.4 Å². The average Bonchev–Trinajstić information content (AvgIpc) is 3.58. The van der Waals surface area contributed by atoms with Gasteiger partial charge < -0.3 is 11.1 Å². The summed E-state index contributed by atoms with van der Waals surface area (Å²) in [5, 5.41) is 6.54. The first-order chi connectivity index (χ1) is 14.5. The highest BCUT2D eigenvalue weighted by atomic mass is 19.2. The van der Waals surface area contributed by atoms with Gasteiger partial charge >= 0.3 is 0 Å². The van der Waals surface area contributed by atoms with Gasteiger partial charge in [-0.25, -0.2) is 24.3 Å². The van der Waals surface area contributed by atoms with Gasteiger partial charge in [-0.2, -0.15) is 5.11 Å². The largest absolute Gasteiger partial charge is 0.383 e. The van der Waals surface area contributed by atoms with E-state index in [2.05, 4.69) is 25.4 Å². The molecule has 0 saturated heterocycles. The number of nitrogens with one attached hydrogen (secondary N) is 2. The number of nitrogen functional groups attached to an aromatic ring is 1. The number of hydrogen-bond donors (Lipinski definition) is 3. The van der Waals surface area contributed by atoms with Gasteiger partial charge in [-0.15, -0.1) is 0 Å².